The highest BCUT2D eigenvalue weighted by atomic mass is 16.6. The van der Waals surface area contributed by atoms with Crippen LogP contribution < -0.4 is 0 Å². The molecule has 1 atom stereocenters. The Morgan fingerprint density at radius 2 is 0.481 bits per heavy atom. The zero-order valence-electron chi connectivity index (χ0n) is 53.5. The molecule has 0 bridgehead atoms. The molecule has 0 saturated carbocycles. The number of hydrogen-bond acceptors (Lipinski definition) is 6. The summed E-state index contributed by atoms with van der Waals surface area (Å²) in [6.07, 6.45) is 92.8. The molecule has 0 aliphatic heterocycles. The van der Waals surface area contributed by atoms with Crippen molar-refractivity contribution in [1.29, 1.82) is 0 Å². The van der Waals surface area contributed by atoms with E-state index in [1.807, 2.05) is 0 Å². The molecule has 0 saturated heterocycles. The van der Waals surface area contributed by atoms with Crippen LogP contribution in [0.4, 0.5) is 0 Å². The molecule has 466 valence electrons. The third kappa shape index (κ3) is 67.0. The minimum absolute atomic E-state index is 0.0795. The lowest BCUT2D eigenvalue weighted by Crippen LogP contribution is -2.30. The van der Waals surface area contributed by atoms with E-state index in [0.29, 0.717) is 19.3 Å². The lowest BCUT2D eigenvalue weighted by Gasteiger charge is -2.18. The summed E-state index contributed by atoms with van der Waals surface area (Å²) in [5.41, 5.74) is 0. The van der Waals surface area contributed by atoms with Crippen molar-refractivity contribution in [1.82, 2.24) is 0 Å². The van der Waals surface area contributed by atoms with Crippen molar-refractivity contribution in [2.75, 3.05) is 13.2 Å². The van der Waals surface area contributed by atoms with Gasteiger partial charge in [0.1, 0.15) is 13.2 Å². The molecule has 6 nitrogen and oxygen atoms in total. The fraction of sp³-hybridized carbons (Fsp3) is 0.747. The van der Waals surface area contributed by atoms with Crippen molar-refractivity contribution in [3.05, 3.63) is 97.2 Å². The number of hydrogen-bond donors (Lipinski definition) is 0. The van der Waals surface area contributed by atoms with E-state index in [9.17, 15) is 14.4 Å². The number of unbranched alkanes of at least 4 members (excludes halogenated alkanes) is 36. The first-order valence-electron chi connectivity index (χ1n) is 34.7. The number of carbonyl (C=O) groups is 3. The maximum atomic E-state index is 12.9. The van der Waals surface area contributed by atoms with Crippen molar-refractivity contribution in [2.45, 2.75) is 348 Å². The van der Waals surface area contributed by atoms with Crippen LogP contribution in [0.3, 0.4) is 0 Å². The number of esters is 3. The first kappa shape index (κ1) is 77.3. The van der Waals surface area contributed by atoms with Crippen molar-refractivity contribution >= 4 is 17.9 Å². The quantitative estimate of drug-likeness (QED) is 0.0261. The Morgan fingerprint density at radius 3 is 0.753 bits per heavy atom. The van der Waals surface area contributed by atoms with Gasteiger partial charge in [0.25, 0.3) is 0 Å². The van der Waals surface area contributed by atoms with E-state index in [4.69, 9.17) is 14.2 Å². The zero-order chi connectivity index (χ0) is 58.5. The number of rotatable bonds is 63. The number of carbonyl (C=O) groups excluding carboxylic acids is 3. The number of allylic oxidation sites excluding steroid dienone is 16. The summed E-state index contributed by atoms with van der Waals surface area (Å²) in [5.74, 6) is -0.877. The molecule has 6 heteroatoms. The molecule has 0 aromatic rings. The molecule has 81 heavy (non-hydrogen) atoms. The van der Waals surface area contributed by atoms with Crippen LogP contribution in [0, 0.1) is 0 Å². The molecule has 0 amide bonds. The summed E-state index contributed by atoms with van der Waals surface area (Å²) < 4.78 is 17.0. The predicted octanol–water partition coefficient (Wildman–Crippen LogP) is 24.0. The van der Waals surface area contributed by atoms with Gasteiger partial charge in [-0.15, -0.1) is 0 Å². The molecule has 0 spiro atoms. The van der Waals surface area contributed by atoms with Crippen LogP contribution in [-0.4, -0.2) is 37.2 Å². The fourth-order valence-corrected chi connectivity index (χ4v) is 9.89. The van der Waals surface area contributed by atoms with E-state index in [2.05, 4.69) is 118 Å². The van der Waals surface area contributed by atoms with Crippen molar-refractivity contribution in [2.24, 2.45) is 0 Å². The third-order valence-electron chi connectivity index (χ3n) is 15.1. The second-order valence-electron chi connectivity index (χ2n) is 23.1. The minimum atomic E-state index is -0.785. The fourth-order valence-electron chi connectivity index (χ4n) is 9.89. The Kier molecular flexibility index (Phi) is 65.7. The van der Waals surface area contributed by atoms with E-state index >= 15 is 0 Å². The van der Waals surface area contributed by atoms with Crippen molar-refractivity contribution in [3.8, 4) is 0 Å². The average Bonchev–Trinajstić information content (AvgIpc) is 3.46. The summed E-state index contributed by atoms with van der Waals surface area (Å²) in [4.78, 5) is 38.4. The Morgan fingerprint density at radius 1 is 0.259 bits per heavy atom. The van der Waals surface area contributed by atoms with Gasteiger partial charge < -0.3 is 14.2 Å². The van der Waals surface area contributed by atoms with Gasteiger partial charge in [0.2, 0.25) is 0 Å². The zero-order valence-corrected chi connectivity index (χ0v) is 53.5. The Balaban J connectivity index is 4.31. The molecular weight excluding hydrogens is 997 g/mol. The van der Waals surface area contributed by atoms with E-state index < -0.39 is 6.10 Å². The summed E-state index contributed by atoms with van der Waals surface area (Å²) in [5, 5.41) is 0. The van der Waals surface area contributed by atoms with Crippen LogP contribution in [-0.2, 0) is 28.6 Å². The van der Waals surface area contributed by atoms with E-state index in [-0.39, 0.29) is 31.1 Å². The van der Waals surface area contributed by atoms with Crippen molar-refractivity contribution in [3.63, 3.8) is 0 Å². The average molecular weight is 1130 g/mol. The summed E-state index contributed by atoms with van der Waals surface area (Å²) in [6, 6.07) is 0. The monoisotopic (exact) mass is 1130 g/mol. The molecule has 0 heterocycles. The molecule has 0 fully saturated rings. The van der Waals surface area contributed by atoms with Crippen LogP contribution in [0.1, 0.15) is 342 Å². The normalized spacial score (nSPS) is 12.7. The summed E-state index contributed by atoms with van der Waals surface area (Å²) in [7, 11) is 0. The smallest absolute Gasteiger partial charge is 0.306 e. The minimum Gasteiger partial charge on any atom is -0.462 e. The van der Waals surface area contributed by atoms with E-state index in [1.165, 1.54) is 193 Å². The first-order valence-corrected chi connectivity index (χ1v) is 34.7. The Labute approximate surface area is 502 Å². The van der Waals surface area contributed by atoms with Crippen LogP contribution in [0.25, 0.3) is 0 Å². The van der Waals surface area contributed by atoms with Gasteiger partial charge in [0, 0.05) is 19.3 Å². The van der Waals surface area contributed by atoms with Gasteiger partial charge in [-0.3, -0.25) is 14.4 Å². The number of ether oxygens (including phenoxy) is 3. The van der Waals surface area contributed by atoms with Crippen LogP contribution in [0.15, 0.2) is 97.2 Å². The molecule has 0 aliphatic carbocycles. The molecule has 0 rings (SSSR count). The SMILES string of the molecule is CC/C=C\C/C=C\C/C=C\C/C=C\C/C=C\CCCCCCCCCC(=O)OC(COC(=O)CCCCCCCCCCCCCCC)COC(=O)CCCCCCCCCCCCCC/C=C\C/C=C\C/C=C\CCCCCCC. The molecule has 0 N–H and O–H groups in total. The van der Waals surface area contributed by atoms with Gasteiger partial charge in [-0.1, -0.05) is 317 Å². The summed E-state index contributed by atoms with van der Waals surface area (Å²) >= 11 is 0. The Hall–Kier alpha value is -3.67. The molecule has 0 aromatic carbocycles. The van der Waals surface area contributed by atoms with Crippen LogP contribution in [0.2, 0.25) is 0 Å². The second-order valence-corrected chi connectivity index (χ2v) is 23.1. The van der Waals surface area contributed by atoms with E-state index in [1.54, 1.807) is 0 Å². The highest BCUT2D eigenvalue weighted by Gasteiger charge is 2.19. The first-order chi connectivity index (χ1) is 40.0. The predicted molar refractivity (Wildman–Crippen MR) is 353 cm³/mol. The van der Waals surface area contributed by atoms with Gasteiger partial charge in [0.05, 0.1) is 0 Å². The largest absolute Gasteiger partial charge is 0.462 e. The maximum absolute atomic E-state index is 12.9. The molecule has 0 aliphatic rings. The highest BCUT2D eigenvalue weighted by molar-refractivity contribution is 5.71. The topological polar surface area (TPSA) is 78.9 Å². The van der Waals surface area contributed by atoms with Gasteiger partial charge in [0.15, 0.2) is 6.10 Å². The van der Waals surface area contributed by atoms with Gasteiger partial charge in [-0.25, -0.2) is 0 Å². The van der Waals surface area contributed by atoms with Gasteiger partial charge in [-0.05, 0) is 103 Å². The molecule has 0 radical (unpaired) electrons. The van der Waals surface area contributed by atoms with Crippen LogP contribution in [0.5, 0.6) is 0 Å². The molecule has 1 unspecified atom stereocenters. The third-order valence-corrected chi connectivity index (χ3v) is 15.1. The van der Waals surface area contributed by atoms with Gasteiger partial charge in [-0.2, -0.15) is 0 Å². The highest BCUT2D eigenvalue weighted by Crippen LogP contribution is 2.17. The lowest BCUT2D eigenvalue weighted by molar-refractivity contribution is -0.167. The van der Waals surface area contributed by atoms with Crippen molar-refractivity contribution < 1.29 is 28.6 Å². The standard InChI is InChI=1S/C75H130O6/c1-4-7-10-13-16-19-22-25-27-29-31-33-35-36-37-38-40-41-43-45-47-50-53-56-59-62-65-68-74(77)80-71-72(70-79-73(76)67-64-61-58-55-52-49-24-21-18-15-12-9-6-3)81-75(78)69-66-63-60-57-54-51-48-46-44-42-39-34-32-30-28-26-23-20-17-14-11-8-5-2/h8,11,17,20,22,25-26,28-29,31-32,34-36,42,44,72H,4-7,9-10,12-16,18-19,21,23-24,27,30,33,37-41,43,45-71H2,1-3H3/b11-8-,20-17-,25-22-,28-26-,31-29-,34-32-,36-35-,44-42-. The maximum Gasteiger partial charge on any atom is 0.306 e. The second kappa shape index (κ2) is 68.8. The van der Waals surface area contributed by atoms with Gasteiger partial charge >= 0.3 is 17.9 Å². The van der Waals surface area contributed by atoms with E-state index in [0.717, 1.165) is 109 Å². The van der Waals surface area contributed by atoms with Crippen LogP contribution >= 0.6 is 0 Å². The Bertz CT molecular complexity index is 1580. The molecular formula is C75H130O6. The lowest BCUT2D eigenvalue weighted by atomic mass is 10.0. The summed E-state index contributed by atoms with van der Waals surface area (Å²) in [6.45, 7) is 6.54. The molecule has 0 aromatic heterocycles.